The molecule has 1 aromatic rings. The van der Waals surface area contributed by atoms with Crippen molar-refractivity contribution in [2.45, 2.75) is 11.3 Å². The zero-order valence-corrected chi connectivity index (χ0v) is 12.6. The Labute approximate surface area is 119 Å². The first-order valence-corrected chi connectivity index (χ1v) is 7.76. The fraction of sp³-hybridized carbons (Fsp3) is 0.333. The van der Waals surface area contributed by atoms with E-state index in [1.165, 1.54) is 12.1 Å². The van der Waals surface area contributed by atoms with Gasteiger partial charge in [0.25, 0.3) is 0 Å². The lowest BCUT2D eigenvalue weighted by Gasteiger charge is -2.09. The summed E-state index contributed by atoms with van der Waals surface area (Å²) in [6.45, 7) is 0.681. The van der Waals surface area contributed by atoms with E-state index in [1.54, 1.807) is 0 Å². The van der Waals surface area contributed by atoms with Gasteiger partial charge in [-0.1, -0.05) is 23.2 Å². The minimum Gasteiger partial charge on any atom is -0.330 e. The van der Waals surface area contributed by atoms with Crippen LogP contribution in [0.3, 0.4) is 0 Å². The Bertz CT molecular complexity index is 508. The van der Waals surface area contributed by atoms with Gasteiger partial charge in [-0.2, -0.15) is 0 Å². The van der Waals surface area contributed by atoms with E-state index in [0.717, 1.165) is 0 Å². The minimum absolute atomic E-state index is 0.00119. The third kappa shape index (κ3) is 3.81. The molecule has 8 heteroatoms. The van der Waals surface area contributed by atoms with Crippen LogP contribution in [0.5, 0.6) is 0 Å². The summed E-state index contributed by atoms with van der Waals surface area (Å²) in [5, 5.41) is 0.176. The molecule has 0 saturated heterocycles. The van der Waals surface area contributed by atoms with Crippen molar-refractivity contribution in [2.75, 3.05) is 13.1 Å². The summed E-state index contributed by atoms with van der Waals surface area (Å²) < 4.78 is 26.7. The first-order chi connectivity index (χ1) is 7.90. The highest BCUT2D eigenvalue weighted by molar-refractivity contribution is 9.10. The molecule has 0 unspecified atom stereocenters. The van der Waals surface area contributed by atoms with Gasteiger partial charge >= 0.3 is 0 Å². The Morgan fingerprint density at radius 1 is 1.29 bits per heavy atom. The normalized spacial score (nSPS) is 11.8. The fourth-order valence-electron chi connectivity index (χ4n) is 1.10. The van der Waals surface area contributed by atoms with Crippen LogP contribution in [0.15, 0.2) is 21.5 Å². The SMILES string of the molecule is NCCCNS(=O)(=O)c1ccc(Br)c(Cl)c1Cl. The molecule has 0 spiro atoms. The lowest BCUT2D eigenvalue weighted by atomic mass is 10.4. The number of nitrogens with two attached hydrogens (primary N) is 1. The van der Waals surface area contributed by atoms with Gasteiger partial charge < -0.3 is 5.73 Å². The van der Waals surface area contributed by atoms with Gasteiger partial charge in [-0.05, 0) is 41.0 Å². The first-order valence-electron chi connectivity index (χ1n) is 4.73. The smallest absolute Gasteiger partial charge is 0.242 e. The molecule has 0 atom stereocenters. The molecule has 1 rings (SSSR count). The summed E-state index contributed by atoms with van der Waals surface area (Å²) in [5.74, 6) is 0. The molecule has 4 nitrogen and oxygen atoms in total. The summed E-state index contributed by atoms with van der Waals surface area (Å²) in [6.07, 6.45) is 0.557. The summed E-state index contributed by atoms with van der Waals surface area (Å²) in [5.41, 5.74) is 5.28. The molecule has 0 aliphatic rings. The highest BCUT2D eigenvalue weighted by Gasteiger charge is 2.20. The molecule has 0 saturated carbocycles. The molecular formula is C9H11BrCl2N2O2S. The van der Waals surface area contributed by atoms with Gasteiger partial charge in [0.1, 0.15) is 4.90 Å². The van der Waals surface area contributed by atoms with Crippen LogP contribution in [-0.2, 0) is 10.0 Å². The predicted molar refractivity (Wildman–Crippen MR) is 73.0 cm³/mol. The van der Waals surface area contributed by atoms with E-state index in [9.17, 15) is 8.42 Å². The van der Waals surface area contributed by atoms with Crippen molar-refractivity contribution < 1.29 is 8.42 Å². The second-order valence-electron chi connectivity index (χ2n) is 3.21. The summed E-state index contributed by atoms with van der Waals surface area (Å²) in [7, 11) is -3.65. The number of hydrogen-bond donors (Lipinski definition) is 2. The van der Waals surface area contributed by atoms with Gasteiger partial charge in [0.05, 0.1) is 10.0 Å². The molecule has 17 heavy (non-hydrogen) atoms. The maximum absolute atomic E-state index is 11.9. The van der Waals surface area contributed by atoms with Crippen LogP contribution in [0, 0.1) is 0 Å². The van der Waals surface area contributed by atoms with Gasteiger partial charge in [0.2, 0.25) is 10.0 Å². The molecule has 0 heterocycles. The van der Waals surface area contributed by atoms with Crippen LogP contribution < -0.4 is 10.5 Å². The molecule has 0 aliphatic carbocycles. The Balaban J connectivity index is 3.04. The number of halogens is 3. The number of nitrogens with one attached hydrogen (secondary N) is 1. The maximum atomic E-state index is 11.9. The molecule has 0 radical (unpaired) electrons. The number of sulfonamides is 1. The van der Waals surface area contributed by atoms with Crippen molar-refractivity contribution in [3.05, 3.63) is 26.7 Å². The van der Waals surface area contributed by atoms with Gasteiger partial charge in [-0.25, -0.2) is 13.1 Å². The van der Waals surface area contributed by atoms with Crippen LogP contribution in [0.2, 0.25) is 10.0 Å². The van der Waals surface area contributed by atoms with E-state index in [-0.39, 0.29) is 21.5 Å². The number of rotatable bonds is 5. The van der Waals surface area contributed by atoms with E-state index in [0.29, 0.717) is 17.4 Å². The van der Waals surface area contributed by atoms with E-state index < -0.39 is 10.0 Å². The number of hydrogen-bond acceptors (Lipinski definition) is 3. The molecule has 3 N–H and O–H groups in total. The van der Waals surface area contributed by atoms with Gasteiger partial charge in [0, 0.05) is 11.0 Å². The predicted octanol–water partition coefficient (Wildman–Crippen LogP) is 2.38. The fourth-order valence-corrected chi connectivity index (χ4v) is 3.39. The Morgan fingerprint density at radius 3 is 2.53 bits per heavy atom. The molecule has 0 amide bonds. The van der Waals surface area contributed by atoms with Crippen molar-refractivity contribution >= 4 is 49.2 Å². The Hall–Kier alpha value is 0.150. The third-order valence-electron chi connectivity index (χ3n) is 1.96. The lowest BCUT2D eigenvalue weighted by molar-refractivity contribution is 0.579. The molecule has 0 aromatic heterocycles. The quantitative estimate of drug-likeness (QED) is 0.624. The van der Waals surface area contributed by atoms with Crippen LogP contribution in [0.1, 0.15) is 6.42 Å². The minimum atomic E-state index is -3.65. The molecule has 1 aromatic carbocycles. The highest BCUT2D eigenvalue weighted by Crippen LogP contribution is 2.34. The van der Waals surface area contributed by atoms with Crippen LogP contribution in [0.25, 0.3) is 0 Å². The van der Waals surface area contributed by atoms with Crippen molar-refractivity contribution in [2.24, 2.45) is 5.73 Å². The zero-order valence-electron chi connectivity index (χ0n) is 8.71. The molecular weight excluding hydrogens is 351 g/mol. The van der Waals surface area contributed by atoms with Crippen LogP contribution in [-0.4, -0.2) is 21.5 Å². The lowest BCUT2D eigenvalue weighted by Crippen LogP contribution is -2.26. The molecule has 96 valence electrons. The summed E-state index contributed by atoms with van der Waals surface area (Å²) in [6, 6.07) is 2.93. The zero-order chi connectivity index (χ0) is 13.1. The second kappa shape index (κ2) is 6.36. The van der Waals surface area contributed by atoms with Gasteiger partial charge in [0.15, 0.2) is 0 Å². The summed E-state index contributed by atoms with van der Waals surface area (Å²) in [4.78, 5) is -0.0376. The molecule has 0 bridgehead atoms. The third-order valence-corrected chi connectivity index (χ3v) is 5.35. The van der Waals surface area contributed by atoms with Crippen LogP contribution in [0.4, 0.5) is 0 Å². The van der Waals surface area contributed by atoms with Gasteiger partial charge in [-0.15, -0.1) is 0 Å². The highest BCUT2D eigenvalue weighted by atomic mass is 79.9. The Morgan fingerprint density at radius 2 is 1.94 bits per heavy atom. The van der Waals surface area contributed by atoms with Crippen molar-refractivity contribution in [1.29, 1.82) is 0 Å². The first kappa shape index (κ1) is 15.2. The van der Waals surface area contributed by atoms with Crippen molar-refractivity contribution in [3.8, 4) is 0 Å². The second-order valence-corrected chi connectivity index (χ2v) is 6.56. The molecule has 0 fully saturated rings. The van der Waals surface area contributed by atoms with E-state index in [4.69, 9.17) is 28.9 Å². The topological polar surface area (TPSA) is 72.2 Å². The van der Waals surface area contributed by atoms with Crippen molar-refractivity contribution in [1.82, 2.24) is 4.72 Å². The van der Waals surface area contributed by atoms with Gasteiger partial charge in [-0.3, -0.25) is 0 Å². The Kier molecular flexibility index (Phi) is 5.69. The van der Waals surface area contributed by atoms with Crippen molar-refractivity contribution in [3.63, 3.8) is 0 Å². The number of benzene rings is 1. The van der Waals surface area contributed by atoms with Crippen LogP contribution >= 0.6 is 39.1 Å². The standard InChI is InChI=1S/C9H11BrCl2N2O2S/c10-6-2-3-7(9(12)8(6)11)17(15,16)14-5-1-4-13/h2-3,14H,1,4-5,13H2. The largest absolute Gasteiger partial charge is 0.330 e. The summed E-state index contributed by atoms with van der Waals surface area (Å²) >= 11 is 14.9. The van der Waals surface area contributed by atoms with E-state index >= 15 is 0 Å². The average Bonchev–Trinajstić information content (AvgIpc) is 2.26. The average molecular weight is 362 g/mol. The monoisotopic (exact) mass is 360 g/mol. The van der Waals surface area contributed by atoms with E-state index in [2.05, 4.69) is 20.7 Å². The molecule has 0 aliphatic heterocycles. The van der Waals surface area contributed by atoms with E-state index in [1.807, 2.05) is 0 Å². The maximum Gasteiger partial charge on any atom is 0.242 e.